The molecule has 33 heavy (non-hydrogen) atoms. The molecule has 2 atom stereocenters. The van der Waals surface area contributed by atoms with Gasteiger partial charge in [-0.25, -0.2) is 4.52 Å². The van der Waals surface area contributed by atoms with E-state index in [9.17, 15) is 14.7 Å². The number of aliphatic hydroxyl groups is 1. The number of hydrogen-bond acceptors (Lipinski definition) is 5. The number of aliphatic hydroxyl groups excluding tert-OH is 1. The summed E-state index contributed by atoms with van der Waals surface area (Å²) in [6.45, 7) is 4.03. The maximum absolute atomic E-state index is 13.0. The van der Waals surface area contributed by atoms with Gasteiger partial charge in [0.05, 0.1) is 23.9 Å². The first-order valence-corrected chi connectivity index (χ1v) is 10.8. The van der Waals surface area contributed by atoms with Crippen LogP contribution < -0.4 is 10.1 Å². The van der Waals surface area contributed by atoms with Gasteiger partial charge in [0.2, 0.25) is 0 Å². The van der Waals surface area contributed by atoms with Crippen molar-refractivity contribution in [2.75, 3.05) is 13.6 Å². The number of aryl methyl sites for hydroxylation is 1. The molecule has 0 unspecified atom stereocenters. The van der Waals surface area contributed by atoms with E-state index in [1.54, 1.807) is 41.0 Å². The predicted molar refractivity (Wildman–Crippen MR) is 124 cm³/mol. The van der Waals surface area contributed by atoms with Gasteiger partial charge in [0.25, 0.3) is 11.8 Å². The quantitative estimate of drug-likeness (QED) is 0.504. The lowest BCUT2D eigenvalue weighted by molar-refractivity contribution is -0.0357. The molecule has 0 bridgehead atoms. The lowest BCUT2D eigenvalue weighted by Gasteiger charge is -2.43. The Kier molecular flexibility index (Phi) is 5.02. The molecule has 2 aromatic carbocycles. The number of nitrogens with one attached hydrogen (secondary N) is 1. The van der Waals surface area contributed by atoms with E-state index in [4.69, 9.17) is 4.74 Å². The van der Waals surface area contributed by atoms with E-state index < -0.39 is 6.10 Å². The summed E-state index contributed by atoms with van der Waals surface area (Å²) in [5, 5.41) is 18.5. The first-order chi connectivity index (χ1) is 15.9. The van der Waals surface area contributed by atoms with Crippen LogP contribution in [-0.2, 0) is 0 Å². The van der Waals surface area contributed by atoms with Gasteiger partial charge < -0.3 is 20.1 Å². The van der Waals surface area contributed by atoms with Crippen molar-refractivity contribution < 1.29 is 19.4 Å². The minimum atomic E-state index is -0.486. The molecule has 3 heterocycles. The predicted octanol–water partition coefficient (Wildman–Crippen LogP) is 3.15. The van der Waals surface area contributed by atoms with Gasteiger partial charge in [-0.2, -0.15) is 5.10 Å². The molecule has 4 aromatic rings. The maximum Gasteiger partial charge on any atom is 0.256 e. The van der Waals surface area contributed by atoms with E-state index >= 15 is 0 Å². The van der Waals surface area contributed by atoms with Gasteiger partial charge in [-0.15, -0.1) is 0 Å². The summed E-state index contributed by atoms with van der Waals surface area (Å²) < 4.78 is 7.86. The first kappa shape index (κ1) is 21.0. The molecule has 0 spiro atoms. The van der Waals surface area contributed by atoms with Crippen LogP contribution in [0, 0.1) is 6.92 Å². The van der Waals surface area contributed by atoms with E-state index in [2.05, 4.69) is 10.4 Å². The number of rotatable bonds is 4. The monoisotopic (exact) mass is 444 g/mol. The van der Waals surface area contributed by atoms with Gasteiger partial charge in [-0.05, 0) is 54.4 Å². The minimum Gasteiger partial charge on any atom is -0.455 e. The molecule has 2 aromatic heterocycles. The van der Waals surface area contributed by atoms with Gasteiger partial charge in [0, 0.05) is 31.4 Å². The fourth-order valence-corrected chi connectivity index (χ4v) is 4.32. The van der Waals surface area contributed by atoms with Crippen molar-refractivity contribution in [2.24, 2.45) is 0 Å². The Hall–Kier alpha value is -3.91. The van der Waals surface area contributed by atoms with Crippen molar-refractivity contribution >= 4 is 28.1 Å². The molecule has 0 aliphatic carbocycles. The SMILES string of the molecule is CNC(=O)c1cccc2cc(Oc3ccnn4cc(C(=O)N5C[C@@H](O)[C@H]5C)c(C)c34)ccc12. The van der Waals surface area contributed by atoms with Crippen LogP contribution in [0.4, 0.5) is 0 Å². The van der Waals surface area contributed by atoms with E-state index in [1.165, 1.54) is 0 Å². The topological polar surface area (TPSA) is 96.2 Å². The highest BCUT2D eigenvalue weighted by atomic mass is 16.5. The van der Waals surface area contributed by atoms with Crippen molar-refractivity contribution in [3.8, 4) is 11.5 Å². The third-order valence-electron chi connectivity index (χ3n) is 6.36. The van der Waals surface area contributed by atoms with Crippen LogP contribution in [0.15, 0.2) is 54.9 Å². The second-order valence-corrected chi connectivity index (χ2v) is 8.29. The Labute approximate surface area is 190 Å². The number of benzene rings is 2. The third-order valence-corrected chi connectivity index (χ3v) is 6.36. The molecule has 168 valence electrons. The van der Waals surface area contributed by atoms with Crippen molar-refractivity contribution in [3.63, 3.8) is 0 Å². The van der Waals surface area contributed by atoms with Crippen molar-refractivity contribution in [2.45, 2.75) is 26.0 Å². The van der Waals surface area contributed by atoms with Crippen molar-refractivity contribution in [3.05, 3.63) is 71.5 Å². The number of carbonyl (C=O) groups is 2. The summed E-state index contributed by atoms with van der Waals surface area (Å²) in [6, 6.07) is 12.7. The number of hydrogen-bond donors (Lipinski definition) is 2. The van der Waals surface area contributed by atoms with Gasteiger partial charge in [0.1, 0.15) is 11.3 Å². The average molecular weight is 444 g/mol. The summed E-state index contributed by atoms with van der Waals surface area (Å²) in [5.41, 5.74) is 2.60. The molecule has 0 saturated carbocycles. The van der Waals surface area contributed by atoms with Crippen LogP contribution in [0.2, 0.25) is 0 Å². The highest BCUT2D eigenvalue weighted by Gasteiger charge is 2.38. The van der Waals surface area contributed by atoms with E-state index in [0.29, 0.717) is 34.7 Å². The number of amides is 2. The lowest BCUT2D eigenvalue weighted by atomic mass is 9.99. The zero-order valence-corrected chi connectivity index (χ0v) is 18.6. The number of nitrogens with zero attached hydrogens (tertiary/aromatic N) is 3. The fourth-order valence-electron chi connectivity index (χ4n) is 4.32. The first-order valence-electron chi connectivity index (χ1n) is 10.8. The summed E-state index contributed by atoms with van der Waals surface area (Å²) in [4.78, 5) is 26.8. The number of β-amino-alcohol motifs (C(OH)–C–C–N with tert-alkyl or cyclic N) is 1. The van der Waals surface area contributed by atoms with Crippen LogP contribution in [0.25, 0.3) is 16.3 Å². The normalized spacial score (nSPS) is 17.8. The summed E-state index contributed by atoms with van der Waals surface area (Å²) in [6.07, 6.45) is 2.84. The maximum atomic E-state index is 13.0. The zero-order chi connectivity index (χ0) is 23.3. The average Bonchev–Trinajstić information content (AvgIpc) is 3.18. The standard InChI is InChI=1S/C25H24N4O4/c1-14-20(25(32)28-13-21(30)15(28)2)12-29-23(14)22(9-10-27-29)33-17-7-8-18-16(11-17)5-4-6-19(18)24(31)26-3/h4-12,15,21,30H,13H2,1-3H3,(H,26,31)/t15-,21-/m1/s1. The molecule has 2 N–H and O–H groups in total. The summed E-state index contributed by atoms with van der Waals surface area (Å²) in [5.74, 6) is 0.905. The summed E-state index contributed by atoms with van der Waals surface area (Å²) in [7, 11) is 1.61. The molecule has 1 saturated heterocycles. The molecule has 1 aliphatic heterocycles. The zero-order valence-electron chi connectivity index (χ0n) is 18.6. The lowest BCUT2D eigenvalue weighted by Crippen LogP contribution is -2.60. The molecular weight excluding hydrogens is 420 g/mol. The number of ether oxygens (including phenoxy) is 1. The fraction of sp³-hybridized carbons (Fsp3) is 0.240. The van der Waals surface area contributed by atoms with Crippen LogP contribution >= 0.6 is 0 Å². The van der Waals surface area contributed by atoms with Crippen LogP contribution in [0.5, 0.6) is 11.5 Å². The second kappa shape index (κ2) is 7.90. The molecule has 2 amide bonds. The van der Waals surface area contributed by atoms with Crippen LogP contribution in [-0.4, -0.2) is 57.2 Å². The van der Waals surface area contributed by atoms with Crippen LogP contribution in [0.1, 0.15) is 33.2 Å². The highest BCUT2D eigenvalue weighted by Crippen LogP contribution is 2.33. The Balaban J connectivity index is 1.51. The van der Waals surface area contributed by atoms with Gasteiger partial charge in [-0.1, -0.05) is 12.1 Å². The van der Waals surface area contributed by atoms with E-state index in [1.807, 2.05) is 44.2 Å². The van der Waals surface area contributed by atoms with Crippen molar-refractivity contribution in [1.82, 2.24) is 19.8 Å². The van der Waals surface area contributed by atoms with Crippen LogP contribution in [0.3, 0.4) is 0 Å². The molecule has 0 radical (unpaired) electrons. The Bertz CT molecular complexity index is 1410. The molecule has 8 heteroatoms. The minimum absolute atomic E-state index is 0.130. The molecule has 5 rings (SSSR count). The molecule has 1 fully saturated rings. The number of aromatic nitrogens is 2. The smallest absolute Gasteiger partial charge is 0.256 e. The number of carbonyl (C=O) groups excluding carboxylic acids is 2. The largest absolute Gasteiger partial charge is 0.455 e. The van der Waals surface area contributed by atoms with E-state index in [0.717, 1.165) is 16.3 Å². The summed E-state index contributed by atoms with van der Waals surface area (Å²) >= 11 is 0. The Morgan fingerprint density at radius 3 is 2.73 bits per heavy atom. The van der Waals surface area contributed by atoms with Gasteiger partial charge in [-0.3, -0.25) is 9.59 Å². The number of fused-ring (bicyclic) bond motifs is 2. The Morgan fingerprint density at radius 2 is 2.00 bits per heavy atom. The Morgan fingerprint density at radius 1 is 1.18 bits per heavy atom. The van der Waals surface area contributed by atoms with Gasteiger partial charge >= 0.3 is 0 Å². The van der Waals surface area contributed by atoms with Gasteiger partial charge in [0.15, 0.2) is 5.75 Å². The third kappa shape index (κ3) is 3.39. The van der Waals surface area contributed by atoms with E-state index in [-0.39, 0.29) is 17.9 Å². The highest BCUT2D eigenvalue weighted by molar-refractivity contribution is 6.07. The number of likely N-dealkylation sites (tertiary alicyclic amines) is 1. The second-order valence-electron chi connectivity index (χ2n) is 8.29. The molecular formula is C25H24N4O4. The molecule has 1 aliphatic rings. The van der Waals surface area contributed by atoms with Crippen molar-refractivity contribution in [1.29, 1.82) is 0 Å². The molecule has 8 nitrogen and oxygen atoms in total.